The maximum atomic E-state index is 11.6. The summed E-state index contributed by atoms with van der Waals surface area (Å²) in [6.07, 6.45) is 4.14. The van der Waals surface area contributed by atoms with E-state index in [2.05, 4.69) is 5.32 Å². The molecule has 5 heteroatoms. The Hall–Kier alpha value is -2.63. The first-order valence-electron chi connectivity index (χ1n) is 8.75. The van der Waals surface area contributed by atoms with E-state index in [0.717, 1.165) is 23.1 Å². The van der Waals surface area contributed by atoms with E-state index < -0.39 is 6.09 Å². The van der Waals surface area contributed by atoms with Crippen molar-refractivity contribution in [3.05, 3.63) is 77.4 Å². The molecule has 0 unspecified atom stereocenters. The molecular weight excluding hydrogens is 330 g/mol. The van der Waals surface area contributed by atoms with Gasteiger partial charge in [-0.15, -0.1) is 0 Å². The van der Waals surface area contributed by atoms with Crippen molar-refractivity contribution in [1.29, 1.82) is 0 Å². The SMILES string of the molecule is O=C(NCCC=Cc1ccc(C2OCCO2)cc1)OCc1ccccc1. The maximum absolute atomic E-state index is 11.6. The Morgan fingerprint density at radius 2 is 1.81 bits per heavy atom. The molecule has 0 bridgehead atoms. The highest BCUT2D eigenvalue weighted by atomic mass is 16.7. The summed E-state index contributed by atoms with van der Waals surface area (Å²) in [7, 11) is 0. The van der Waals surface area contributed by atoms with Gasteiger partial charge in [-0.1, -0.05) is 66.7 Å². The molecule has 0 saturated carbocycles. The lowest BCUT2D eigenvalue weighted by molar-refractivity contribution is -0.0441. The predicted molar refractivity (Wildman–Crippen MR) is 99.4 cm³/mol. The van der Waals surface area contributed by atoms with Crippen LogP contribution in [0.15, 0.2) is 60.7 Å². The predicted octanol–water partition coefficient (Wildman–Crippen LogP) is 4.06. The molecule has 2 aromatic rings. The summed E-state index contributed by atoms with van der Waals surface area (Å²) < 4.78 is 16.1. The average Bonchev–Trinajstić information content (AvgIpc) is 3.22. The Labute approximate surface area is 153 Å². The third-order valence-electron chi connectivity index (χ3n) is 3.93. The molecule has 1 saturated heterocycles. The third kappa shape index (κ3) is 5.72. The molecule has 3 rings (SSSR count). The number of amides is 1. The standard InChI is InChI=1S/C21H23NO4/c23-21(26-16-18-7-2-1-3-8-18)22-13-5-4-6-17-9-11-19(12-10-17)20-24-14-15-25-20/h1-4,6-12,20H,5,13-16H2,(H,22,23). The summed E-state index contributed by atoms with van der Waals surface area (Å²) in [5.74, 6) is 0. The highest BCUT2D eigenvalue weighted by Gasteiger charge is 2.17. The third-order valence-corrected chi connectivity index (χ3v) is 3.93. The van der Waals surface area contributed by atoms with Crippen LogP contribution in [0.2, 0.25) is 0 Å². The number of hydrogen-bond donors (Lipinski definition) is 1. The van der Waals surface area contributed by atoms with E-state index in [1.54, 1.807) is 0 Å². The summed E-state index contributed by atoms with van der Waals surface area (Å²) in [5, 5.41) is 2.74. The molecule has 0 spiro atoms. The van der Waals surface area contributed by atoms with Crippen molar-refractivity contribution in [2.24, 2.45) is 0 Å². The van der Waals surface area contributed by atoms with Crippen molar-refractivity contribution in [3.63, 3.8) is 0 Å². The fourth-order valence-corrected chi connectivity index (χ4v) is 2.57. The molecule has 26 heavy (non-hydrogen) atoms. The van der Waals surface area contributed by atoms with Gasteiger partial charge < -0.3 is 19.5 Å². The fourth-order valence-electron chi connectivity index (χ4n) is 2.57. The van der Waals surface area contributed by atoms with Gasteiger partial charge in [0.2, 0.25) is 0 Å². The van der Waals surface area contributed by atoms with E-state index in [-0.39, 0.29) is 12.9 Å². The van der Waals surface area contributed by atoms with Crippen LogP contribution in [0.3, 0.4) is 0 Å². The van der Waals surface area contributed by atoms with Crippen molar-refractivity contribution >= 4 is 12.2 Å². The highest BCUT2D eigenvalue weighted by molar-refractivity contribution is 5.67. The summed E-state index contributed by atoms with van der Waals surface area (Å²) in [5.41, 5.74) is 3.10. The fraction of sp³-hybridized carbons (Fsp3) is 0.286. The van der Waals surface area contributed by atoms with E-state index in [0.29, 0.717) is 19.8 Å². The van der Waals surface area contributed by atoms with Gasteiger partial charge in [-0.2, -0.15) is 0 Å². The summed E-state index contributed by atoms with van der Waals surface area (Å²) in [4.78, 5) is 11.6. The van der Waals surface area contributed by atoms with Crippen molar-refractivity contribution in [3.8, 4) is 0 Å². The van der Waals surface area contributed by atoms with Gasteiger partial charge in [-0.05, 0) is 17.5 Å². The Morgan fingerprint density at radius 1 is 1.08 bits per heavy atom. The quantitative estimate of drug-likeness (QED) is 0.763. The molecule has 1 aliphatic heterocycles. The molecule has 1 fully saturated rings. The van der Waals surface area contributed by atoms with Gasteiger partial charge in [0.25, 0.3) is 0 Å². The normalized spacial score (nSPS) is 14.6. The number of ether oxygens (including phenoxy) is 3. The first-order valence-corrected chi connectivity index (χ1v) is 8.75. The van der Waals surface area contributed by atoms with Crippen LogP contribution in [0.1, 0.15) is 29.4 Å². The van der Waals surface area contributed by atoms with Crippen LogP contribution in [0.5, 0.6) is 0 Å². The van der Waals surface area contributed by atoms with E-state index in [1.807, 2.05) is 66.7 Å². The van der Waals surface area contributed by atoms with Crippen LogP contribution in [0, 0.1) is 0 Å². The van der Waals surface area contributed by atoms with Gasteiger partial charge in [-0.3, -0.25) is 0 Å². The second-order valence-corrected chi connectivity index (χ2v) is 5.92. The van der Waals surface area contributed by atoms with Crippen LogP contribution < -0.4 is 5.32 Å². The second-order valence-electron chi connectivity index (χ2n) is 5.92. The minimum Gasteiger partial charge on any atom is -0.445 e. The van der Waals surface area contributed by atoms with E-state index in [1.165, 1.54) is 0 Å². The Bertz CT molecular complexity index is 707. The topological polar surface area (TPSA) is 56.8 Å². The molecule has 136 valence electrons. The van der Waals surface area contributed by atoms with Crippen LogP contribution in [0.25, 0.3) is 6.08 Å². The maximum Gasteiger partial charge on any atom is 0.407 e. The Kier molecular flexibility index (Phi) is 6.81. The lowest BCUT2D eigenvalue weighted by atomic mass is 10.1. The monoisotopic (exact) mass is 353 g/mol. The number of alkyl carbamates (subject to hydrolysis) is 1. The van der Waals surface area contributed by atoms with Crippen LogP contribution in [-0.2, 0) is 20.8 Å². The number of carbonyl (C=O) groups is 1. The van der Waals surface area contributed by atoms with Gasteiger partial charge in [-0.25, -0.2) is 4.79 Å². The first kappa shape index (κ1) is 18.2. The Balaban J connectivity index is 1.33. The van der Waals surface area contributed by atoms with Gasteiger partial charge in [0.05, 0.1) is 13.2 Å². The molecule has 5 nitrogen and oxygen atoms in total. The first-order chi connectivity index (χ1) is 12.8. The Morgan fingerprint density at radius 3 is 2.54 bits per heavy atom. The zero-order chi connectivity index (χ0) is 18.0. The lowest BCUT2D eigenvalue weighted by Crippen LogP contribution is -2.24. The van der Waals surface area contributed by atoms with Crippen LogP contribution in [0.4, 0.5) is 4.79 Å². The molecule has 1 heterocycles. The van der Waals surface area contributed by atoms with E-state index in [9.17, 15) is 4.79 Å². The van der Waals surface area contributed by atoms with E-state index >= 15 is 0 Å². The molecule has 0 aliphatic carbocycles. The minimum absolute atomic E-state index is 0.237. The zero-order valence-corrected chi connectivity index (χ0v) is 14.6. The molecule has 0 aromatic heterocycles. The number of nitrogens with one attached hydrogen (secondary N) is 1. The second kappa shape index (κ2) is 9.75. The van der Waals surface area contributed by atoms with Gasteiger partial charge in [0.1, 0.15) is 6.61 Å². The summed E-state index contributed by atoms with van der Waals surface area (Å²) in [6.45, 7) is 2.11. The average molecular weight is 353 g/mol. The van der Waals surface area contributed by atoms with Crippen molar-refractivity contribution in [2.45, 2.75) is 19.3 Å². The molecule has 1 amide bonds. The molecule has 0 radical (unpaired) electrons. The summed E-state index contributed by atoms with van der Waals surface area (Å²) in [6, 6.07) is 17.7. The molecular formula is C21H23NO4. The van der Waals surface area contributed by atoms with Gasteiger partial charge in [0, 0.05) is 12.1 Å². The van der Waals surface area contributed by atoms with Gasteiger partial charge >= 0.3 is 6.09 Å². The van der Waals surface area contributed by atoms with Crippen molar-refractivity contribution in [2.75, 3.05) is 19.8 Å². The molecule has 0 atom stereocenters. The number of benzene rings is 2. The van der Waals surface area contributed by atoms with Crippen molar-refractivity contribution in [1.82, 2.24) is 5.32 Å². The number of hydrogen-bond acceptors (Lipinski definition) is 4. The number of rotatable bonds is 7. The molecule has 1 N–H and O–H groups in total. The number of carbonyl (C=O) groups excluding carboxylic acids is 1. The highest BCUT2D eigenvalue weighted by Crippen LogP contribution is 2.23. The van der Waals surface area contributed by atoms with Crippen LogP contribution >= 0.6 is 0 Å². The van der Waals surface area contributed by atoms with Gasteiger partial charge in [0.15, 0.2) is 6.29 Å². The largest absolute Gasteiger partial charge is 0.445 e. The van der Waals surface area contributed by atoms with E-state index in [4.69, 9.17) is 14.2 Å². The smallest absolute Gasteiger partial charge is 0.407 e. The molecule has 1 aliphatic rings. The lowest BCUT2D eigenvalue weighted by Gasteiger charge is -2.09. The zero-order valence-electron chi connectivity index (χ0n) is 14.6. The van der Waals surface area contributed by atoms with Crippen LogP contribution in [-0.4, -0.2) is 25.9 Å². The summed E-state index contributed by atoms with van der Waals surface area (Å²) >= 11 is 0. The van der Waals surface area contributed by atoms with Crippen molar-refractivity contribution < 1.29 is 19.0 Å². The minimum atomic E-state index is -0.400. The molecule has 2 aromatic carbocycles.